The zero-order valence-corrected chi connectivity index (χ0v) is 63.4. The van der Waals surface area contributed by atoms with Gasteiger partial charge in [-0.15, -0.1) is 0 Å². The van der Waals surface area contributed by atoms with Crippen LogP contribution in [-0.4, -0.2) is 50.9 Å². The molecule has 15 heteroatoms. The zero-order chi connectivity index (χ0) is 82.2. The van der Waals surface area contributed by atoms with Gasteiger partial charge >= 0.3 is 0 Å². The summed E-state index contributed by atoms with van der Waals surface area (Å²) in [5, 5.41) is 3.66. The highest BCUT2D eigenvalue weighted by atomic mass is 32.2. The summed E-state index contributed by atoms with van der Waals surface area (Å²) in [6.07, 6.45) is 4.56. The Kier molecular flexibility index (Phi) is 39.7. The smallest absolute Gasteiger partial charge is 0.257 e. The van der Waals surface area contributed by atoms with Crippen LogP contribution in [0.2, 0.25) is 0 Å². The van der Waals surface area contributed by atoms with Crippen LogP contribution < -0.4 is 11.1 Å². The van der Waals surface area contributed by atoms with E-state index < -0.39 is 34.3 Å². The number of pyridine rings is 2. The molecule has 4 aliphatic heterocycles. The first-order valence-corrected chi connectivity index (χ1v) is 35.7. The van der Waals surface area contributed by atoms with Gasteiger partial charge in [0.1, 0.15) is 34.3 Å². The van der Waals surface area contributed by atoms with Crippen LogP contribution >= 0.6 is 23.5 Å². The van der Waals surface area contributed by atoms with Crippen LogP contribution in [0.15, 0.2) is 113 Å². The highest BCUT2D eigenvalue weighted by Gasteiger charge is 2.51. The Hall–Kier alpha value is -17.0. The van der Waals surface area contributed by atoms with Gasteiger partial charge < -0.3 is 20.5 Å². The largest absolute Gasteiger partial charge is 0.379 e. The lowest BCUT2D eigenvalue weighted by atomic mass is 9.74. The second-order valence-electron chi connectivity index (χ2n) is 22.3. The van der Waals surface area contributed by atoms with Gasteiger partial charge in [0.2, 0.25) is 0 Å². The van der Waals surface area contributed by atoms with Gasteiger partial charge in [0, 0.05) is 289 Å². The zero-order valence-electron chi connectivity index (χ0n) is 61.8. The molecule has 9 nitrogen and oxygen atoms in total. The first-order valence-electron chi connectivity index (χ1n) is 33.7. The summed E-state index contributed by atoms with van der Waals surface area (Å²) in [5.74, 6) is 134. The molecule has 4 aliphatic rings. The number of amides is 1. The molecule has 5 aromatic rings. The van der Waals surface area contributed by atoms with Gasteiger partial charge in [-0.05, 0) is 183 Å². The highest BCUT2D eigenvalue weighted by molar-refractivity contribution is 8.14. The lowest BCUT2D eigenvalue weighted by Crippen LogP contribution is -2.49. The minimum absolute atomic E-state index is 0. The van der Waals surface area contributed by atoms with Crippen molar-refractivity contribution in [1.29, 1.82) is 0 Å². The van der Waals surface area contributed by atoms with E-state index in [-0.39, 0.29) is 56.2 Å². The average Bonchev–Trinajstić information content (AvgIpc) is 0.745. The van der Waals surface area contributed by atoms with Crippen molar-refractivity contribution in [3.63, 3.8) is 0 Å². The van der Waals surface area contributed by atoms with Crippen LogP contribution in [0, 0.1) is 369 Å². The molecule has 1 amide bonds. The Labute approximate surface area is 691 Å². The fourth-order valence-electron chi connectivity index (χ4n) is 9.91. The fourth-order valence-corrected chi connectivity index (χ4v) is 12.1. The van der Waals surface area contributed by atoms with E-state index in [2.05, 4.69) is 340 Å². The molecular formula is C102H52F4N6O3S2. The Morgan fingerprint density at radius 2 is 0.692 bits per heavy atom. The number of thioether (sulfide) groups is 2. The van der Waals surface area contributed by atoms with Crippen LogP contribution in [0.1, 0.15) is 90.3 Å². The summed E-state index contributed by atoms with van der Waals surface area (Å²) in [4.78, 5) is 30.9. The first-order chi connectivity index (χ1) is 56.8. The number of nitrogens with two attached hydrogens (primary N) is 1. The van der Waals surface area contributed by atoms with Crippen molar-refractivity contribution in [3.05, 3.63) is 166 Å². The molecule has 2 saturated heterocycles. The van der Waals surface area contributed by atoms with E-state index in [1.165, 1.54) is 47.8 Å². The molecule has 2 aromatic heterocycles. The molecule has 6 heterocycles. The van der Waals surface area contributed by atoms with Crippen LogP contribution in [0.5, 0.6) is 0 Å². The first kappa shape index (κ1) is 88.9. The van der Waals surface area contributed by atoms with Gasteiger partial charge in [0.15, 0.2) is 10.3 Å². The molecule has 6 atom stereocenters. The summed E-state index contributed by atoms with van der Waals surface area (Å²) in [6, 6.07) is 23.9. The standard InChI is InChI=1S/C56H6.C26H23F2N3O2S.C19H19F2N3OS.CH4/c1-3-5-7-9-11-13-15-17-19-21-23-25-27-29-31-33-35-37-39-41-43-45-47-49-51-53-55-56-54-52-50-48-46-44-42-40-38-36-34-32-30-28-26-24-22-20-18-16-14-12-10-8-6-4-2;1-16-7-8-18(13-29-16)23-11-19-14-34-25(30-24(32)17-5-3-2-4-6-17)31-26(19,15-33-23)21-10-9-20(27)12-22(21)28;1-11-2-3-12(8-23-11)17-6-13-9-26-18(22)24-19(13,10-25-17)15-5-4-14(20)7-16(15)21;/h1-2H3;2-10,12-13,19,23H,11,14-15H2,1H3,(H,30,31,32);2-5,7-8,13,17H,6,9-10H2,1H3,(H2,22,24);1H4/t;19-,23+,26-;13-,17+,19-;/m.00./s1. The number of amidine groups is 2. The Balaban J connectivity index is 0.000000292. The van der Waals surface area contributed by atoms with Gasteiger partial charge in [-0.3, -0.25) is 14.8 Å². The Morgan fingerprint density at radius 3 is 0.974 bits per heavy atom. The van der Waals surface area contributed by atoms with Crippen LogP contribution in [0.25, 0.3) is 0 Å². The van der Waals surface area contributed by atoms with E-state index in [0.717, 1.165) is 34.6 Å². The summed E-state index contributed by atoms with van der Waals surface area (Å²) >= 11 is 2.89. The second-order valence-corrected chi connectivity index (χ2v) is 24.4. The number of nitrogens with one attached hydrogen (secondary N) is 1. The van der Waals surface area contributed by atoms with Crippen molar-refractivity contribution >= 4 is 39.8 Å². The van der Waals surface area contributed by atoms with E-state index >= 15 is 4.39 Å². The van der Waals surface area contributed by atoms with Crippen LogP contribution in [-0.2, 0) is 20.6 Å². The van der Waals surface area contributed by atoms with Gasteiger partial charge in [-0.2, -0.15) is 0 Å². The van der Waals surface area contributed by atoms with Gasteiger partial charge in [0.05, 0.1) is 25.4 Å². The van der Waals surface area contributed by atoms with E-state index in [9.17, 15) is 18.0 Å². The van der Waals surface area contributed by atoms with Crippen molar-refractivity contribution in [2.75, 3.05) is 24.7 Å². The van der Waals surface area contributed by atoms with Crippen molar-refractivity contribution in [2.45, 2.75) is 71.2 Å². The SMILES string of the molecule is C.CC#CC#CC#CC#CC#CC#CC#CC#CC#CC#CC#CC#CC#CC#CC#CC#CC#CC#CC#CC#CC#CC#CC#CC#CC#CC#CC#CC.Cc1ccc([C@H]2C[C@H]3CSC(N)=N[C@@]3(c3ccc(F)cc3F)CO2)cn1.Cc1ccc([C@H]2C[C@H]3CSC(NC(=O)c4ccccc4)=N[C@@]3(c3ccc(F)cc3F)CO2)cn1. The molecule has 548 valence electrons. The number of carbonyl (C=O) groups excluding carboxylic acids is 1. The van der Waals surface area contributed by atoms with E-state index in [4.69, 9.17) is 20.2 Å². The number of nitrogens with zero attached hydrogens (tertiary/aromatic N) is 4. The maximum absolute atomic E-state index is 15.1. The molecule has 9 rings (SSSR count). The monoisotopic (exact) mass is 1550 g/mol. The Bertz CT molecular complexity index is 6470. The lowest BCUT2D eigenvalue weighted by molar-refractivity contribution is -0.0590. The molecule has 0 radical (unpaired) electrons. The number of carbonyl (C=O) groups is 1. The summed E-state index contributed by atoms with van der Waals surface area (Å²) in [6.45, 7) is 7.52. The number of aryl methyl sites for hydroxylation is 2. The second kappa shape index (κ2) is 52.2. The van der Waals surface area contributed by atoms with E-state index in [0.29, 0.717) is 45.8 Å². The maximum atomic E-state index is 15.1. The van der Waals surface area contributed by atoms with Crippen molar-refractivity contribution < 1.29 is 31.8 Å². The number of fused-ring (bicyclic) bond motifs is 2. The molecule has 2 fully saturated rings. The van der Waals surface area contributed by atoms with E-state index in [1.807, 2.05) is 50.4 Å². The third-order valence-electron chi connectivity index (χ3n) is 14.9. The van der Waals surface area contributed by atoms with Crippen molar-refractivity contribution in [3.8, 4) is 320 Å². The molecule has 0 aliphatic carbocycles. The molecule has 3 N–H and O–H groups in total. The van der Waals surface area contributed by atoms with Crippen molar-refractivity contribution in [1.82, 2.24) is 15.3 Å². The number of benzene rings is 3. The van der Waals surface area contributed by atoms with Gasteiger partial charge in [0.25, 0.3) is 5.91 Å². The fraction of sp³-hybridized carbons (Fsp3) is 0.167. The number of ether oxygens (including phenoxy) is 2. The number of hydrogen-bond acceptors (Lipinski definition) is 10. The molecule has 0 spiro atoms. The van der Waals surface area contributed by atoms with Gasteiger partial charge in [-0.1, -0.05) is 85.3 Å². The lowest BCUT2D eigenvalue weighted by Gasteiger charge is -2.46. The maximum Gasteiger partial charge on any atom is 0.257 e. The minimum Gasteiger partial charge on any atom is -0.379 e. The number of aromatic nitrogens is 2. The Morgan fingerprint density at radius 1 is 0.402 bits per heavy atom. The molecule has 0 bridgehead atoms. The van der Waals surface area contributed by atoms with Crippen LogP contribution in [0.3, 0.4) is 0 Å². The topological polar surface area (TPSA) is 124 Å². The third-order valence-corrected chi connectivity index (χ3v) is 16.9. The van der Waals surface area contributed by atoms with E-state index in [1.54, 1.807) is 44.3 Å². The van der Waals surface area contributed by atoms with Crippen LogP contribution in [0.4, 0.5) is 17.6 Å². The molecule has 117 heavy (non-hydrogen) atoms. The predicted molar refractivity (Wildman–Crippen MR) is 454 cm³/mol. The summed E-state index contributed by atoms with van der Waals surface area (Å²) in [5.41, 5.74) is 8.89. The molecule has 0 unspecified atom stereocenters. The van der Waals surface area contributed by atoms with Gasteiger partial charge in [-0.25, -0.2) is 27.5 Å². The molecule has 3 aromatic carbocycles. The average molecular weight is 1550 g/mol. The number of rotatable bonds is 5. The van der Waals surface area contributed by atoms with Crippen molar-refractivity contribution in [2.24, 2.45) is 27.6 Å². The molecular weight excluding hydrogens is 1500 g/mol. The summed E-state index contributed by atoms with van der Waals surface area (Å²) < 4.78 is 69.0. The number of halogens is 4. The highest BCUT2D eigenvalue weighted by Crippen LogP contribution is 2.51. The predicted octanol–water partition coefficient (Wildman–Crippen LogP) is 10.6. The number of hydrogen-bond donors (Lipinski definition) is 2. The normalized spacial score (nSPS) is 15.2. The molecule has 0 saturated carbocycles. The number of aliphatic imine (C=N–C) groups is 2. The quantitative estimate of drug-likeness (QED) is 0.132. The minimum atomic E-state index is -1.07. The third kappa shape index (κ3) is 32.2. The summed E-state index contributed by atoms with van der Waals surface area (Å²) in [7, 11) is 0.